The minimum atomic E-state index is -1.24. The number of aliphatic carboxylic acids is 2. The van der Waals surface area contributed by atoms with E-state index in [1.54, 1.807) is 0 Å². The topological polar surface area (TPSA) is 83.8 Å². The first-order valence-corrected chi connectivity index (χ1v) is 4.16. The molecule has 1 aliphatic carbocycles. The Balaban J connectivity index is 3.09. The van der Waals surface area contributed by atoms with E-state index in [1.165, 1.54) is 25.5 Å². The SMILES string of the molecule is COC=C1C=CC(C(=O)O)=C(C(=O)O)C1. The lowest BCUT2D eigenvalue weighted by Gasteiger charge is -2.11. The van der Waals surface area contributed by atoms with Gasteiger partial charge in [-0.3, -0.25) is 0 Å². The number of carboxylic acid groups (broad SMARTS) is 2. The van der Waals surface area contributed by atoms with E-state index in [0.29, 0.717) is 5.57 Å². The summed E-state index contributed by atoms with van der Waals surface area (Å²) < 4.78 is 4.73. The van der Waals surface area contributed by atoms with E-state index in [-0.39, 0.29) is 17.6 Å². The Morgan fingerprint density at radius 1 is 1.33 bits per heavy atom. The van der Waals surface area contributed by atoms with Gasteiger partial charge in [0.2, 0.25) is 0 Å². The van der Waals surface area contributed by atoms with Crippen molar-refractivity contribution in [1.29, 1.82) is 0 Å². The van der Waals surface area contributed by atoms with E-state index in [0.717, 1.165) is 0 Å². The third kappa shape index (κ3) is 2.46. The summed E-state index contributed by atoms with van der Waals surface area (Å²) in [7, 11) is 1.44. The van der Waals surface area contributed by atoms with Crippen LogP contribution in [-0.4, -0.2) is 29.3 Å². The van der Waals surface area contributed by atoms with Gasteiger partial charge in [-0.1, -0.05) is 6.08 Å². The van der Waals surface area contributed by atoms with Gasteiger partial charge in [-0.05, 0) is 11.6 Å². The average molecular weight is 210 g/mol. The van der Waals surface area contributed by atoms with E-state index in [2.05, 4.69) is 0 Å². The normalized spacial score (nSPS) is 18.1. The highest BCUT2D eigenvalue weighted by Crippen LogP contribution is 2.23. The Labute approximate surface area is 86.0 Å². The highest BCUT2D eigenvalue weighted by atomic mass is 16.5. The summed E-state index contributed by atoms with van der Waals surface area (Å²) in [5, 5.41) is 17.6. The van der Waals surface area contributed by atoms with Crippen LogP contribution in [0.1, 0.15) is 6.42 Å². The monoisotopic (exact) mass is 210 g/mol. The predicted molar refractivity (Wildman–Crippen MR) is 51.1 cm³/mol. The maximum Gasteiger partial charge on any atom is 0.336 e. The van der Waals surface area contributed by atoms with E-state index in [4.69, 9.17) is 14.9 Å². The van der Waals surface area contributed by atoms with Crippen molar-refractivity contribution in [2.75, 3.05) is 7.11 Å². The van der Waals surface area contributed by atoms with Crippen LogP contribution in [0.3, 0.4) is 0 Å². The average Bonchev–Trinajstić information content (AvgIpc) is 2.17. The summed E-state index contributed by atoms with van der Waals surface area (Å²) in [6, 6.07) is 0. The molecule has 1 aliphatic rings. The maximum absolute atomic E-state index is 10.8. The third-order valence-electron chi connectivity index (χ3n) is 1.93. The molecule has 80 valence electrons. The standard InChI is InChI=1S/C10H10O5/c1-15-5-6-2-3-7(9(11)12)8(4-6)10(13)14/h2-3,5H,4H2,1H3,(H,11,12)(H,13,14). The van der Waals surface area contributed by atoms with Crippen LogP contribution in [0.5, 0.6) is 0 Å². The molecule has 0 spiro atoms. The van der Waals surface area contributed by atoms with Gasteiger partial charge < -0.3 is 14.9 Å². The first-order valence-electron chi connectivity index (χ1n) is 4.16. The summed E-state index contributed by atoms with van der Waals surface area (Å²) in [5.41, 5.74) is 0.309. The summed E-state index contributed by atoms with van der Waals surface area (Å²) >= 11 is 0. The maximum atomic E-state index is 10.8. The molecule has 15 heavy (non-hydrogen) atoms. The van der Waals surface area contributed by atoms with Gasteiger partial charge in [-0.15, -0.1) is 0 Å². The zero-order valence-electron chi connectivity index (χ0n) is 8.06. The number of carbonyl (C=O) groups is 2. The predicted octanol–water partition coefficient (Wildman–Crippen LogP) is 0.942. The smallest absolute Gasteiger partial charge is 0.336 e. The molecule has 0 fully saturated rings. The molecule has 0 amide bonds. The fraction of sp³-hybridized carbons (Fsp3) is 0.200. The zero-order chi connectivity index (χ0) is 11.4. The van der Waals surface area contributed by atoms with Crippen LogP contribution in [0, 0.1) is 0 Å². The minimum Gasteiger partial charge on any atom is -0.504 e. The Kier molecular flexibility index (Phi) is 3.28. The Bertz CT molecular complexity index is 387. The lowest BCUT2D eigenvalue weighted by Crippen LogP contribution is -2.13. The second kappa shape index (κ2) is 4.45. The first kappa shape index (κ1) is 11.0. The van der Waals surface area contributed by atoms with Gasteiger partial charge in [0.05, 0.1) is 24.5 Å². The van der Waals surface area contributed by atoms with Gasteiger partial charge in [0.1, 0.15) is 0 Å². The molecule has 0 aromatic heterocycles. The number of allylic oxidation sites excluding steroid dienone is 2. The van der Waals surface area contributed by atoms with Gasteiger partial charge in [0.15, 0.2) is 0 Å². The lowest BCUT2D eigenvalue weighted by molar-refractivity contribution is -0.135. The van der Waals surface area contributed by atoms with Gasteiger partial charge in [0, 0.05) is 6.42 Å². The van der Waals surface area contributed by atoms with Crippen LogP contribution < -0.4 is 0 Å². The van der Waals surface area contributed by atoms with Crippen molar-refractivity contribution in [3.63, 3.8) is 0 Å². The highest BCUT2D eigenvalue weighted by Gasteiger charge is 2.22. The second-order valence-electron chi connectivity index (χ2n) is 2.94. The van der Waals surface area contributed by atoms with Crippen LogP contribution in [0.25, 0.3) is 0 Å². The third-order valence-corrected chi connectivity index (χ3v) is 1.93. The van der Waals surface area contributed by atoms with E-state index < -0.39 is 11.9 Å². The molecule has 0 saturated heterocycles. The van der Waals surface area contributed by atoms with Crippen LogP contribution >= 0.6 is 0 Å². The number of carboxylic acids is 2. The molecule has 5 nitrogen and oxygen atoms in total. The number of rotatable bonds is 3. The number of ether oxygens (including phenoxy) is 1. The van der Waals surface area contributed by atoms with Gasteiger partial charge >= 0.3 is 11.9 Å². The van der Waals surface area contributed by atoms with E-state index in [9.17, 15) is 9.59 Å². The summed E-state index contributed by atoms with van der Waals surface area (Å²) in [4.78, 5) is 21.5. The molecule has 0 aromatic rings. The molecule has 0 aliphatic heterocycles. The lowest BCUT2D eigenvalue weighted by atomic mass is 9.94. The summed E-state index contributed by atoms with van der Waals surface area (Å²) in [6.45, 7) is 0. The van der Waals surface area contributed by atoms with Crippen molar-refractivity contribution in [1.82, 2.24) is 0 Å². The quantitative estimate of drug-likeness (QED) is 0.677. The molecule has 5 heteroatoms. The van der Waals surface area contributed by atoms with Crippen molar-refractivity contribution in [2.24, 2.45) is 0 Å². The van der Waals surface area contributed by atoms with Crippen LogP contribution in [-0.2, 0) is 14.3 Å². The van der Waals surface area contributed by atoms with E-state index in [1.807, 2.05) is 0 Å². The molecule has 0 radical (unpaired) electrons. The van der Waals surface area contributed by atoms with Crippen molar-refractivity contribution in [2.45, 2.75) is 6.42 Å². The zero-order valence-corrected chi connectivity index (χ0v) is 8.06. The minimum absolute atomic E-state index is 0.0569. The molecule has 0 atom stereocenters. The van der Waals surface area contributed by atoms with Crippen molar-refractivity contribution >= 4 is 11.9 Å². The number of hydrogen-bond donors (Lipinski definition) is 2. The summed E-state index contributed by atoms with van der Waals surface area (Å²) in [6.07, 6.45) is 4.24. The molecule has 0 aromatic carbocycles. The Morgan fingerprint density at radius 2 is 2.00 bits per heavy atom. The first-order chi connectivity index (χ1) is 7.06. The Hall–Kier alpha value is -2.04. The van der Waals surface area contributed by atoms with Crippen molar-refractivity contribution in [3.8, 4) is 0 Å². The Morgan fingerprint density at radius 3 is 2.47 bits per heavy atom. The largest absolute Gasteiger partial charge is 0.504 e. The second-order valence-corrected chi connectivity index (χ2v) is 2.94. The molecule has 0 heterocycles. The van der Waals surface area contributed by atoms with Crippen LogP contribution in [0.15, 0.2) is 35.1 Å². The number of hydrogen-bond acceptors (Lipinski definition) is 3. The molecule has 0 bridgehead atoms. The number of methoxy groups -OCH3 is 1. The molecule has 2 N–H and O–H groups in total. The molecule has 1 rings (SSSR count). The van der Waals surface area contributed by atoms with Gasteiger partial charge in [-0.2, -0.15) is 0 Å². The van der Waals surface area contributed by atoms with Crippen LogP contribution in [0.4, 0.5) is 0 Å². The molecule has 0 unspecified atom stereocenters. The fourth-order valence-corrected chi connectivity index (χ4v) is 1.27. The van der Waals surface area contributed by atoms with Crippen molar-refractivity contribution < 1.29 is 24.5 Å². The molecular formula is C10H10O5. The van der Waals surface area contributed by atoms with Gasteiger partial charge in [0.25, 0.3) is 0 Å². The summed E-state index contributed by atoms with van der Waals surface area (Å²) in [5.74, 6) is -2.46. The fourth-order valence-electron chi connectivity index (χ4n) is 1.27. The molecule has 0 saturated carbocycles. The highest BCUT2D eigenvalue weighted by molar-refractivity contribution is 6.02. The van der Waals surface area contributed by atoms with Gasteiger partial charge in [-0.25, -0.2) is 9.59 Å². The van der Waals surface area contributed by atoms with Crippen LogP contribution in [0.2, 0.25) is 0 Å². The van der Waals surface area contributed by atoms with E-state index >= 15 is 0 Å². The molecular weight excluding hydrogens is 200 g/mol. The van der Waals surface area contributed by atoms with Crippen molar-refractivity contribution in [3.05, 3.63) is 35.1 Å².